The van der Waals surface area contributed by atoms with E-state index in [1.807, 2.05) is 0 Å². The number of hydrogen-bond acceptors (Lipinski definition) is 5. The summed E-state index contributed by atoms with van der Waals surface area (Å²) in [4.78, 5) is 26.0. The monoisotopic (exact) mass is 526 g/mol. The van der Waals surface area contributed by atoms with Gasteiger partial charge in [0.1, 0.15) is 5.75 Å². The number of rotatable bonds is 5. The average Bonchev–Trinajstić information content (AvgIpc) is 3.22. The summed E-state index contributed by atoms with van der Waals surface area (Å²) >= 11 is 0. The highest BCUT2D eigenvalue weighted by atomic mass is 32.2. The van der Waals surface area contributed by atoms with E-state index in [1.165, 1.54) is 27.4 Å². The Bertz CT molecular complexity index is 1270. The third kappa shape index (κ3) is 5.05. The molecule has 0 spiro atoms. The van der Waals surface area contributed by atoms with Crippen molar-refractivity contribution in [2.24, 2.45) is 5.92 Å². The van der Waals surface area contributed by atoms with Gasteiger partial charge in [-0.1, -0.05) is 12.1 Å². The van der Waals surface area contributed by atoms with E-state index in [0.29, 0.717) is 11.1 Å². The van der Waals surface area contributed by atoms with E-state index < -0.39 is 52.0 Å². The average molecular weight is 527 g/mol. The van der Waals surface area contributed by atoms with Gasteiger partial charge in [0.15, 0.2) is 0 Å². The largest absolute Gasteiger partial charge is 0.573 e. The Kier molecular flexibility index (Phi) is 6.78. The molecule has 36 heavy (non-hydrogen) atoms. The number of sulfonamides is 1. The first-order chi connectivity index (χ1) is 16.8. The molecule has 1 heterocycles. The van der Waals surface area contributed by atoms with Gasteiger partial charge in [-0.05, 0) is 68.1 Å². The van der Waals surface area contributed by atoms with E-state index in [9.17, 15) is 36.3 Å². The molecule has 1 saturated heterocycles. The molecule has 1 unspecified atom stereocenters. The van der Waals surface area contributed by atoms with Crippen LogP contribution < -0.4 is 4.74 Å². The number of carbonyl (C=O) groups is 2. The van der Waals surface area contributed by atoms with Crippen LogP contribution in [0.4, 0.5) is 13.2 Å². The van der Waals surface area contributed by atoms with Crippen LogP contribution in [0.1, 0.15) is 35.3 Å². The fourth-order valence-electron chi connectivity index (χ4n) is 5.08. The molecule has 0 saturated carbocycles. The van der Waals surface area contributed by atoms with Gasteiger partial charge < -0.3 is 14.7 Å². The second kappa shape index (κ2) is 9.40. The molecule has 1 aliphatic carbocycles. The number of carbonyl (C=O) groups excluding carboxylic acids is 1. The molecule has 3 atom stereocenters. The molecule has 4 rings (SSSR count). The third-order valence-corrected chi connectivity index (χ3v) is 8.72. The number of carboxylic acid groups (broad SMARTS) is 1. The standard InChI is InChI=1S/C24H25F3N2O6S/c1-14-12-28(22(30)16-6-8-19(9-7-16)35-24(25,26)27)13-15(2)29(14)36(33,34)21-5-3-4-17-10-18(23(31)32)11-20(17)21/h3-9,14-15,18H,10-13H2,1-2H3,(H,31,32)/t14-,15+,18?. The Balaban J connectivity index is 1.52. The minimum Gasteiger partial charge on any atom is -0.481 e. The maximum atomic E-state index is 13.7. The third-order valence-electron chi connectivity index (χ3n) is 6.51. The predicted molar refractivity (Wildman–Crippen MR) is 122 cm³/mol. The van der Waals surface area contributed by atoms with Gasteiger partial charge in [0.25, 0.3) is 5.91 Å². The fourth-order valence-corrected chi connectivity index (χ4v) is 7.16. The zero-order chi connectivity index (χ0) is 26.4. The number of ether oxygens (including phenoxy) is 1. The molecule has 0 radical (unpaired) electrons. The highest BCUT2D eigenvalue weighted by molar-refractivity contribution is 7.89. The van der Waals surface area contributed by atoms with Crippen molar-refractivity contribution in [1.29, 1.82) is 0 Å². The number of piperazine rings is 1. The summed E-state index contributed by atoms with van der Waals surface area (Å²) in [7, 11) is -3.99. The van der Waals surface area contributed by atoms with Crippen LogP contribution in [0.25, 0.3) is 0 Å². The normalized spacial score (nSPS) is 22.8. The van der Waals surface area contributed by atoms with Crippen molar-refractivity contribution in [3.05, 3.63) is 59.2 Å². The Morgan fingerprint density at radius 1 is 1.00 bits per heavy atom. The number of aliphatic carboxylic acids is 1. The van der Waals surface area contributed by atoms with Crippen molar-refractivity contribution in [2.75, 3.05) is 13.1 Å². The van der Waals surface area contributed by atoms with Crippen molar-refractivity contribution >= 4 is 21.9 Å². The molecule has 1 fully saturated rings. The van der Waals surface area contributed by atoms with Gasteiger partial charge in [0, 0.05) is 30.7 Å². The molecule has 2 aliphatic rings. The molecule has 2 aromatic carbocycles. The smallest absolute Gasteiger partial charge is 0.481 e. The van der Waals surface area contributed by atoms with Crippen LogP contribution in [0.2, 0.25) is 0 Å². The molecule has 1 aliphatic heterocycles. The number of fused-ring (bicyclic) bond motifs is 1. The molecular weight excluding hydrogens is 501 g/mol. The van der Waals surface area contributed by atoms with Gasteiger partial charge in [0.2, 0.25) is 10.0 Å². The van der Waals surface area contributed by atoms with Crippen LogP contribution >= 0.6 is 0 Å². The summed E-state index contributed by atoms with van der Waals surface area (Å²) in [6.07, 6.45) is -4.44. The van der Waals surface area contributed by atoms with Crippen LogP contribution in [0.5, 0.6) is 5.75 Å². The summed E-state index contributed by atoms with van der Waals surface area (Å²) in [6.45, 7) is 3.51. The topological polar surface area (TPSA) is 104 Å². The highest BCUT2D eigenvalue weighted by Crippen LogP contribution is 2.35. The van der Waals surface area contributed by atoms with Crippen molar-refractivity contribution in [3.8, 4) is 5.75 Å². The maximum Gasteiger partial charge on any atom is 0.573 e. The summed E-state index contributed by atoms with van der Waals surface area (Å²) in [6, 6.07) is 8.21. The maximum absolute atomic E-state index is 13.7. The summed E-state index contributed by atoms with van der Waals surface area (Å²) in [5.74, 6) is -2.53. The minimum absolute atomic E-state index is 0.0793. The molecule has 12 heteroatoms. The molecule has 0 bridgehead atoms. The van der Waals surface area contributed by atoms with E-state index in [1.54, 1.807) is 26.0 Å². The summed E-state index contributed by atoms with van der Waals surface area (Å²) in [5.41, 5.74) is 1.38. The van der Waals surface area contributed by atoms with Crippen molar-refractivity contribution in [3.63, 3.8) is 0 Å². The van der Waals surface area contributed by atoms with Gasteiger partial charge in [-0.3, -0.25) is 9.59 Å². The number of benzene rings is 2. The first kappa shape index (κ1) is 26.0. The van der Waals surface area contributed by atoms with E-state index in [0.717, 1.165) is 12.1 Å². The van der Waals surface area contributed by atoms with Crippen molar-refractivity contribution in [2.45, 2.75) is 50.0 Å². The second-order valence-electron chi connectivity index (χ2n) is 9.15. The molecule has 0 aromatic heterocycles. The number of nitrogens with zero attached hydrogens (tertiary/aromatic N) is 2. The summed E-state index contributed by atoms with van der Waals surface area (Å²) in [5, 5.41) is 9.40. The SMILES string of the molecule is C[C@@H]1CN(C(=O)c2ccc(OC(F)(F)F)cc2)C[C@H](C)N1S(=O)(=O)c1cccc2c1CC(C(=O)O)C2. The zero-order valence-corrected chi connectivity index (χ0v) is 20.3. The Morgan fingerprint density at radius 3 is 2.17 bits per heavy atom. The lowest BCUT2D eigenvalue weighted by atomic mass is 10.1. The van der Waals surface area contributed by atoms with Gasteiger partial charge in [0.05, 0.1) is 10.8 Å². The Morgan fingerprint density at radius 2 is 1.61 bits per heavy atom. The lowest BCUT2D eigenvalue weighted by molar-refractivity contribution is -0.274. The predicted octanol–water partition coefficient (Wildman–Crippen LogP) is 3.31. The molecule has 2 aromatic rings. The fraction of sp³-hybridized carbons (Fsp3) is 0.417. The number of alkyl halides is 3. The molecule has 1 N–H and O–H groups in total. The lowest BCUT2D eigenvalue weighted by Crippen LogP contribution is -2.59. The quantitative estimate of drug-likeness (QED) is 0.641. The molecule has 1 amide bonds. The van der Waals surface area contributed by atoms with Crippen molar-refractivity contribution in [1.82, 2.24) is 9.21 Å². The first-order valence-corrected chi connectivity index (χ1v) is 12.7. The molecular formula is C24H25F3N2O6S. The zero-order valence-electron chi connectivity index (χ0n) is 19.5. The molecule has 8 nitrogen and oxygen atoms in total. The van der Waals surface area contributed by atoms with E-state index in [-0.39, 0.29) is 36.4 Å². The number of halogens is 3. The highest BCUT2D eigenvalue weighted by Gasteiger charge is 2.42. The lowest BCUT2D eigenvalue weighted by Gasteiger charge is -2.43. The van der Waals surface area contributed by atoms with E-state index in [4.69, 9.17) is 0 Å². The summed E-state index contributed by atoms with van der Waals surface area (Å²) < 4.78 is 69.8. The van der Waals surface area contributed by atoms with Gasteiger partial charge >= 0.3 is 12.3 Å². The van der Waals surface area contributed by atoms with E-state index in [2.05, 4.69) is 4.74 Å². The van der Waals surface area contributed by atoms with Crippen LogP contribution in [0, 0.1) is 5.92 Å². The Hall–Kier alpha value is -3.12. The van der Waals surface area contributed by atoms with Gasteiger partial charge in [-0.25, -0.2) is 8.42 Å². The molecule has 194 valence electrons. The first-order valence-electron chi connectivity index (χ1n) is 11.3. The Labute approximate surface area is 206 Å². The van der Waals surface area contributed by atoms with Crippen molar-refractivity contribution < 1.29 is 41.0 Å². The second-order valence-corrected chi connectivity index (χ2v) is 11.0. The number of amides is 1. The van der Waals surface area contributed by atoms with E-state index >= 15 is 0 Å². The van der Waals surface area contributed by atoms with Crippen LogP contribution in [-0.2, 0) is 27.7 Å². The van der Waals surface area contributed by atoms with Gasteiger partial charge in [-0.2, -0.15) is 4.31 Å². The van der Waals surface area contributed by atoms with Gasteiger partial charge in [-0.15, -0.1) is 13.2 Å². The van der Waals surface area contributed by atoms with Crippen LogP contribution in [0.3, 0.4) is 0 Å². The van der Waals surface area contributed by atoms with Crippen LogP contribution in [0.15, 0.2) is 47.4 Å². The number of carboxylic acids is 1. The minimum atomic E-state index is -4.84. The number of hydrogen-bond donors (Lipinski definition) is 1. The van der Waals surface area contributed by atoms with Crippen LogP contribution in [-0.4, -0.2) is 66.1 Å².